The summed E-state index contributed by atoms with van der Waals surface area (Å²) in [7, 11) is -3.15. The second-order valence-corrected chi connectivity index (χ2v) is 7.43. The molecule has 1 aliphatic rings. The highest BCUT2D eigenvalue weighted by Crippen LogP contribution is 2.15. The van der Waals surface area contributed by atoms with E-state index in [0.29, 0.717) is 32.0 Å². The van der Waals surface area contributed by atoms with Gasteiger partial charge in [-0.15, -0.1) is 0 Å². The molecule has 0 aromatic carbocycles. The molecule has 0 unspecified atom stereocenters. The van der Waals surface area contributed by atoms with Crippen molar-refractivity contribution in [3.63, 3.8) is 0 Å². The Labute approximate surface area is 110 Å². The fraction of sp³-hybridized carbons (Fsp3) is 0.917. The molecule has 0 aromatic rings. The summed E-state index contributed by atoms with van der Waals surface area (Å²) in [4.78, 5) is 13.7. The molecule has 1 amide bonds. The van der Waals surface area contributed by atoms with E-state index in [1.54, 1.807) is 4.90 Å². The minimum absolute atomic E-state index is 0.128. The SMILES string of the molecule is CC(C)CCC(=O)N1CCN(S(C)(=O)=O)[C@@H](C)C1. The monoisotopic (exact) mass is 276 g/mol. The van der Waals surface area contributed by atoms with Gasteiger partial charge in [-0.05, 0) is 19.3 Å². The number of carbonyl (C=O) groups is 1. The van der Waals surface area contributed by atoms with Crippen molar-refractivity contribution in [2.75, 3.05) is 25.9 Å². The lowest BCUT2D eigenvalue weighted by molar-refractivity contribution is -0.133. The lowest BCUT2D eigenvalue weighted by Crippen LogP contribution is -2.55. The van der Waals surface area contributed by atoms with E-state index in [1.807, 2.05) is 6.92 Å². The van der Waals surface area contributed by atoms with Gasteiger partial charge in [0.2, 0.25) is 15.9 Å². The van der Waals surface area contributed by atoms with Crippen LogP contribution in [-0.4, -0.2) is 55.5 Å². The van der Waals surface area contributed by atoms with Crippen molar-refractivity contribution in [3.05, 3.63) is 0 Å². The third-order valence-corrected chi connectivity index (χ3v) is 4.68. The zero-order chi connectivity index (χ0) is 13.9. The number of rotatable bonds is 4. The van der Waals surface area contributed by atoms with Crippen LogP contribution in [0.4, 0.5) is 0 Å². The van der Waals surface area contributed by atoms with Crippen LogP contribution in [0.15, 0.2) is 0 Å². The van der Waals surface area contributed by atoms with E-state index in [0.717, 1.165) is 6.42 Å². The second kappa shape index (κ2) is 6.02. The zero-order valence-corrected chi connectivity index (χ0v) is 12.5. The molecule has 5 nitrogen and oxygen atoms in total. The summed E-state index contributed by atoms with van der Waals surface area (Å²) >= 11 is 0. The zero-order valence-electron chi connectivity index (χ0n) is 11.7. The van der Waals surface area contributed by atoms with E-state index in [4.69, 9.17) is 0 Å². The maximum Gasteiger partial charge on any atom is 0.222 e. The van der Waals surface area contributed by atoms with Gasteiger partial charge in [0.05, 0.1) is 6.26 Å². The lowest BCUT2D eigenvalue weighted by atomic mass is 10.1. The Bertz CT molecular complexity index is 392. The molecule has 6 heteroatoms. The Kier molecular flexibility index (Phi) is 5.16. The minimum atomic E-state index is -3.15. The molecule has 18 heavy (non-hydrogen) atoms. The summed E-state index contributed by atoms with van der Waals surface area (Å²) in [5.41, 5.74) is 0. The first-order chi connectivity index (χ1) is 8.21. The lowest BCUT2D eigenvalue weighted by Gasteiger charge is -2.38. The van der Waals surface area contributed by atoms with E-state index in [9.17, 15) is 13.2 Å². The van der Waals surface area contributed by atoms with E-state index in [-0.39, 0.29) is 11.9 Å². The Balaban J connectivity index is 2.53. The summed E-state index contributed by atoms with van der Waals surface area (Å²) in [6, 6.07) is -0.128. The number of hydrogen-bond donors (Lipinski definition) is 0. The molecule has 0 saturated carbocycles. The van der Waals surface area contributed by atoms with Gasteiger partial charge < -0.3 is 4.90 Å². The van der Waals surface area contributed by atoms with Crippen molar-refractivity contribution >= 4 is 15.9 Å². The second-order valence-electron chi connectivity index (χ2n) is 5.50. The normalized spacial score (nSPS) is 22.5. The van der Waals surface area contributed by atoms with Crippen LogP contribution in [0.2, 0.25) is 0 Å². The molecule has 0 bridgehead atoms. The molecule has 1 aliphatic heterocycles. The molecule has 1 heterocycles. The van der Waals surface area contributed by atoms with Crippen LogP contribution in [0.25, 0.3) is 0 Å². The highest BCUT2D eigenvalue weighted by molar-refractivity contribution is 7.88. The van der Waals surface area contributed by atoms with E-state index < -0.39 is 10.0 Å². The first-order valence-electron chi connectivity index (χ1n) is 6.46. The molecule has 0 N–H and O–H groups in total. The third kappa shape index (κ3) is 4.24. The first-order valence-corrected chi connectivity index (χ1v) is 8.31. The fourth-order valence-corrected chi connectivity index (χ4v) is 3.36. The molecule has 0 spiro atoms. The van der Waals surface area contributed by atoms with E-state index >= 15 is 0 Å². The molecular formula is C12H24N2O3S. The largest absolute Gasteiger partial charge is 0.340 e. The van der Waals surface area contributed by atoms with Crippen LogP contribution >= 0.6 is 0 Å². The maximum atomic E-state index is 12.0. The maximum absolute atomic E-state index is 12.0. The van der Waals surface area contributed by atoms with Gasteiger partial charge >= 0.3 is 0 Å². The minimum Gasteiger partial charge on any atom is -0.340 e. The van der Waals surface area contributed by atoms with Gasteiger partial charge in [-0.25, -0.2) is 8.42 Å². The summed E-state index contributed by atoms with van der Waals surface area (Å²) < 4.78 is 24.5. The standard InChI is InChI=1S/C12H24N2O3S/c1-10(2)5-6-12(15)13-7-8-14(11(3)9-13)18(4,16)17/h10-11H,5-9H2,1-4H3/t11-/m0/s1. The van der Waals surface area contributed by atoms with Gasteiger partial charge in [0.1, 0.15) is 0 Å². The summed E-state index contributed by atoms with van der Waals surface area (Å²) in [6.45, 7) is 7.46. The summed E-state index contributed by atoms with van der Waals surface area (Å²) in [5.74, 6) is 0.660. The molecule has 0 radical (unpaired) electrons. The molecule has 106 valence electrons. The van der Waals surface area contributed by atoms with Crippen LogP contribution < -0.4 is 0 Å². The Morgan fingerprint density at radius 1 is 1.33 bits per heavy atom. The van der Waals surface area contributed by atoms with E-state index in [2.05, 4.69) is 13.8 Å². The van der Waals surface area contributed by atoms with Crippen molar-refractivity contribution in [2.45, 2.75) is 39.7 Å². The predicted molar refractivity (Wildman–Crippen MR) is 71.7 cm³/mol. The van der Waals surface area contributed by atoms with Crippen molar-refractivity contribution in [3.8, 4) is 0 Å². The average molecular weight is 276 g/mol. The number of hydrogen-bond acceptors (Lipinski definition) is 3. The fourth-order valence-electron chi connectivity index (χ4n) is 2.23. The van der Waals surface area contributed by atoms with Crippen molar-refractivity contribution < 1.29 is 13.2 Å². The quantitative estimate of drug-likeness (QED) is 0.767. The molecule has 1 atom stereocenters. The number of sulfonamides is 1. The number of carbonyl (C=O) groups excluding carboxylic acids is 1. The average Bonchev–Trinajstić information content (AvgIpc) is 2.23. The van der Waals surface area contributed by atoms with Crippen LogP contribution in [0.3, 0.4) is 0 Å². The Morgan fingerprint density at radius 3 is 2.39 bits per heavy atom. The van der Waals surface area contributed by atoms with Gasteiger partial charge in [-0.1, -0.05) is 13.8 Å². The van der Waals surface area contributed by atoms with Crippen molar-refractivity contribution in [2.24, 2.45) is 5.92 Å². The third-order valence-electron chi connectivity index (χ3n) is 3.28. The van der Waals surface area contributed by atoms with Crippen LogP contribution in [0.1, 0.15) is 33.6 Å². The first kappa shape index (κ1) is 15.4. The highest BCUT2D eigenvalue weighted by atomic mass is 32.2. The Hall–Kier alpha value is -0.620. The predicted octanol–water partition coefficient (Wildman–Crippen LogP) is 0.915. The molecular weight excluding hydrogens is 252 g/mol. The van der Waals surface area contributed by atoms with E-state index in [1.165, 1.54) is 10.6 Å². The molecule has 0 aromatic heterocycles. The molecule has 1 fully saturated rings. The van der Waals surface area contributed by atoms with Crippen LogP contribution in [0.5, 0.6) is 0 Å². The number of amides is 1. The molecule has 0 aliphatic carbocycles. The van der Waals surface area contributed by atoms with Gasteiger partial charge in [-0.2, -0.15) is 4.31 Å². The number of nitrogens with zero attached hydrogens (tertiary/aromatic N) is 2. The highest BCUT2D eigenvalue weighted by Gasteiger charge is 2.31. The smallest absolute Gasteiger partial charge is 0.222 e. The van der Waals surface area contributed by atoms with Gasteiger partial charge in [-0.3, -0.25) is 4.79 Å². The van der Waals surface area contributed by atoms with Crippen molar-refractivity contribution in [1.29, 1.82) is 0 Å². The molecule has 1 saturated heterocycles. The summed E-state index contributed by atoms with van der Waals surface area (Å²) in [5, 5.41) is 0. The van der Waals surface area contributed by atoms with Crippen molar-refractivity contribution in [1.82, 2.24) is 9.21 Å². The topological polar surface area (TPSA) is 57.7 Å². The summed E-state index contributed by atoms with van der Waals surface area (Å²) in [6.07, 6.45) is 2.67. The van der Waals surface area contributed by atoms with Crippen LogP contribution in [0, 0.1) is 5.92 Å². The van der Waals surface area contributed by atoms with Gasteiger partial charge in [0.15, 0.2) is 0 Å². The Morgan fingerprint density at radius 2 is 1.94 bits per heavy atom. The van der Waals surface area contributed by atoms with Gasteiger partial charge in [0.25, 0.3) is 0 Å². The molecule has 1 rings (SSSR count). The number of piperazine rings is 1. The van der Waals surface area contributed by atoms with Gasteiger partial charge in [0, 0.05) is 32.1 Å². The van der Waals surface area contributed by atoms with Crippen LogP contribution in [-0.2, 0) is 14.8 Å².